The van der Waals surface area contributed by atoms with Crippen LogP contribution in [0.4, 0.5) is 0 Å². The van der Waals surface area contributed by atoms with Gasteiger partial charge in [0.15, 0.2) is 0 Å². The summed E-state index contributed by atoms with van der Waals surface area (Å²) in [4.78, 5) is 55.8. The van der Waals surface area contributed by atoms with Crippen molar-refractivity contribution in [2.24, 2.45) is 0 Å². The van der Waals surface area contributed by atoms with Gasteiger partial charge in [0.25, 0.3) is 11.1 Å². The van der Waals surface area contributed by atoms with E-state index in [4.69, 9.17) is 11.6 Å². The van der Waals surface area contributed by atoms with Crippen LogP contribution in [0.2, 0.25) is 5.02 Å². The normalized spacial score (nSPS) is 11.3. The highest BCUT2D eigenvalue weighted by Crippen LogP contribution is 2.16. The number of carbonyl (C=O) groups is 1. The van der Waals surface area contributed by atoms with E-state index in [0.29, 0.717) is 39.5 Å². The molecule has 188 valence electrons. The summed E-state index contributed by atoms with van der Waals surface area (Å²) in [5.41, 5.74) is 1.11. The first-order valence-corrected chi connectivity index (χ1v) is 12.9. The number of hydrogen-bond donors (Lipinski definition) is 1. The molecule has 0 bridgehead atoms. The summed E-state index contributed by atoms with van der Waals surface area (Å²) in [5.74, 6) is -0.262. The number of fused-ring (bicyclic) bond motifs is 2. The van der Waals surface area contributed by atoms with Crippen LogP contribution in [0.5, 0.6) is 0 Å². The van der Waals surface area contributed by atoms with Crippen molar-refractivity contribution < 1.29 is 4.79 Å². The molecule has 1 amide bonds. The van der Waals surface area contributed by atoms with Crippen LogP contribution in [0.3, 0.4) is 0 Å². The predicted molar refractivity (Wildman–Crippen MR) is 144 cm³/mol. The average molecular weight is 536 g/mol. The highest BCUT2D eigenvalue weighted by Gasteiger charge is 2.16. The fourth-order valence-corrected chi connectivity index (χ4v) is 5.10. The summed E-state index contributed by atoms with van der Waals surface area (Å²) in [5, 5.41) is 5.21. The van der Waals surface area contributed by atoms with Gasteiger partial charge in [-0.05, 0) is 47.7 Å². The third kappa shape index (κ3) is 5.25. The standard InChI is InChI=1S/C26H22ClN5O4S/c27-18-6-4-17(5-7-18)8-11-28-22(33)9-13-31-25(35)24-20(10-14-37-24)32(26(31)36)16-19-15-23(34)30-12-2-1-3-21(30)29-19/h1-7,10,12,14-15H,8-9,11,13,16H2,(H,28,33). The molecule has 0 saturated carbocycles. The molecule has 0 atom stereocenters. The molecule has 0 aliphatic heterocycles. The van der Waals surface area contributed by atoms with Crippen molar-refractivity contribution in [3.05, 3.63) is 114 Å². The zero-order chi connectivity index (χ0) is 25.9. The Morgan fingerprint density at radius 3 is 2.65 bits per heavy atom. The Kier molecular flexibility index (Phi) is 7.02. The highest BCUT2D eigenvalue weighted by molar-refractivity contribution is 7.17. The van der Waals surface area contributed by atoms with Crippen LogP contribution in [0.25, 0.3) is 15.9 Å². The summed E-state index contributed by atoms with van der Waals surface area (Å²) in [7, 11) is 0. The summed E-state index contributed by atoms with van der Waals surface area (Å²) < 4.78 is 4.32. The molecule has 9 nitrogen and oxygen atoms in total. The Balaban J connectivity index is 1.35. The van der Waals surface area contributed by atoms with Gasteiger partial charge in [-0.1, -0.05) is 29.8 Å². The molecular weight excluding hydrogens is 514 g/mol. The molecule has 0 saturated heterocycles. The van der Waals surface area contributed by atoms with Gasteiger partial charge >= 0.3 is 5.69 Å². The maximum absolute atomic E-state index is 13.4. The van der Waals surface area contributed by atoms with Crippen LogP contribution in [0, 0.1) is 0 Å². The van der Waals surface area contributed by atoms with Crippen LogP contribution >= 0.6 is 22.9 Å². The summed E-state index contributed by atoms with van der Waals surface area (Å²) in [6, 6.07) is 15.7. The number of pyridine rings is 1. The second kappa shape index (κ2) is 10.5. The number of halogens is 1. The Morgan fingerprint density at radius 1 is 1.03 bits per heavy atom. The molecule has 11 heteroatoms. The van der Waals surface area contributed by atoms with Gasteiger partial charge in [0.1, 0.15) is 10.3 Å². The fraction of sp³-hybridized carbons (Fsp3) is 0.192. The zero-order valence-corrected chi connectivity index (χ0v) is 21.2. The van der Waals surface area contributed by atoms with Gasteiger partial charge in [-0.2, -0.15) is 0 Å². The first-order chi connectivity index (χ1) is 17.9. The van der Waals surface area contributed by atoms with Crippen molar-refractivity contribution in [3.63, 3.8) is 0 Å². The lowest BCUT2D eigenvalue weighted by molar-refractivity contribution is -0.121. The van der Waals surface area contributed by atoms with Crippen molar-refractivity contribution in [3.8, 4) is 0 Å². The van der Waals surface area contributed by atoms with Crippen molar-refractivity contribution >= 4 is 44.7 Å². The average Bonchev–Trinajstić information content (AvgIpc) is 3.38. The second-order valence-electron chi connectivity index (χ2n) is 8.45. The molecule has 0 aliphatic rings. The molecule has 0 unspecified atom stereocenters. The van der Waals surface area contributed by atoms with Gasteiger partial charge in [0.2, 0.25) is 5.91 Å². The first-order valence-electron chi connectivity index (χ1n) is 11.6. The molecule has 5 rings (SSSR count). The van der Waals surface area contributed by atoms with Crippen molar-refractivity contribution in [1.82, 2.24) is 23.8 Å². The lowest BCUT2D eigenvalue weighted by Crippen LogP contribution is -2.41. The molecule has 0 spiro atoms. The molecule has 4 aromatic heterocycles. The summed E-state index contributed by atoms with van der Waals surface area (Å²) in [6.45, 7) is 0.374. The lowest BCUT2D eigenvalue weighted by Gasteiger charge is -2.12. The lowest BCUT2D eigenvalue weighted by atomic mass is 10.1. The molecule has 0 radical (unpaired) electrons. The van der Waals surface area contributed by atoms with E-state index in [2.05, 4.69) is 10.3 Å². The predicted octanol–water partition coefficient (Wildman–Crippen LogP) is 2.68. The monoisotopic (exact) mass is 535 g/mol. The molecule has 4 heterocycles. The van der Waals surface area contributed by atoms with Crippen molar-refractivity contribution in [2.75, 3.05) is 6.54 Å². The maximum atomic E-state index is 13.4. The van der Waals surface area contributed by atoms with Gasteiger partial charge in [0.05, 0.1) is 17.8 Å². The number of nitrogens with zero attached hydrogens (tertiary/aromatic N) is 4. The summed E-state index contributed by atoms with van der Waals surface area (Å²) in [6.07, 6.45) is 2.23. The second-order valence-corrected chi connectivity index (χ2v) is 9.80. The summed E-state index contributed by atoms with van der Waals surface area (Å²) >= 11 is 7.12. The van der Waals surface area contributed by atoms with Crippen LogP contribution in [-0.4, -0.2) is 31.0 Å². The van der Waals surface area contributed by atoms with E-state index in [1.54, 1.807) is 48.0 Å². The molecule has 0 aliphatic carbocycles. The van der Waals surface area contributed by atoms with Gasteiger partial charge in [-0.3, -0.25) is 27.9 Å². The van der Waals surface area contributed by atoms with Crippen LogP contribution in [0.15, 0.2) is 80.6 Å². The van der Waals surface area contributed by atoms with E-state index in [1.165, 1.54) is 26.4 Å². The molecule has 5 aromatic rings. The number of nitrogens with one attached hydrogen (secondary N) is 1. The first kappa shape index (κ1) is 24.7. The molecule has 37 heavy (non-hydrogen) atoms. The van der Waals surface area contributed by atoms with Crippen LogP contribution in [-0.2, 0) is 24.3 Å². The van der Waals surface area contributed by atoms with Gasteiger partial charge in [-0.15, -0.1) is 11.3 Å². The van der Waals surface area contributed by atoms with E-state index in [0.717, 1.165) is 10.1 Å². The Morgan fingerprint density at radius 2 is 1.84 bits per heavy atom. The molecule has 0 fully saturated rings. The number of thiophene rings is 1. The van der Waals surface area contributed by atoms with E-state index < -0.39 is 11.2 Å². The largest absolute Gasteiger partial charge is 0.356 e. The van der Waals surface area contributed by atoms with Crippen molar-refractivity contribution in [2.45, 2.75) is 25.9 Å². The maximum Gasteiger partial charge on any atom is 0.331 e. The Labute approximate surface area is 219 Å². The number of amides is 1. The Hall–Kier alpha value is -4.02. The van der Waals surface area contributed by atoms with Gasteiger partial charge < -0.3 is 5.32 Å². The van der Waals surface area contributed by atoms with E-state index in [-0.39, 0.29) is 31.0 Å². The van der Waals surface area contributed by atoms with Gasteiger partial charge in [-0.25, -0.2) is 9.78 Å². The number of carbonyl (C=O) groups excluding carboxylic acids is 1. The minimum atomic E-state index is -0.556. The number of rotatable bonds is 8. The molecule has 1 aromatic carbocycles. The Bertz CT molecular complexity index is 1790. The van der Waals surface area contributed by atoms with Crippen LogP contribution < -0.4 is 22.1 Å². The van der Waals surface area contributed by atoms with Crippen LogP contribution in [0.1, 0.15) is 17.7 Å². The fourth-order valence-electron chi connectivity index (χ4n) is 4.13. The van der Waals surface area contributed by atoms with Crippen molar-refractivity contribution in [1.29, 1.82) is 0 Å². The van der Waals surface area contributed by atoms with E-state index in [1.807, 2.05) is 12.1 Å². The highest BCUT2D eigenvalue weighted by atomic mass is 35.5. The molecule has 1 N–H and O–H groups in total. The third-order valence-corrected chi connectivity index (χ3v) is 7.14. The smallest absolute Gasteiger partial charge is 0.331 e. The number of hydrogen-bond acceptors (Lipinski definition) is 6. The number of benzene rings is 1. The SMILES string of the molecule is O=C(CCn1c(=O)c2sccc2n(Cc2cc(=O)n3ccccc3n2)c1=O)NCCc1ccc(Cl)cc1. The topological polar surface area (TPSA) is 107 Å². The van der Waals surface area contributed by atoms with E-state index >= 15 is 0 Å². The van der Waals surface area contributed by atoms with Gasteiger partial charge in [0, 0.05) is 36.8 Å². The quantitative estimate of drug-likeness (QED) is 0.329. The minimum absolute atomic E-state index is 0.0142. The third-order valence-electron chi connectivity index (χ3n) is 5.99. The minimum Gasteiger partial charge on any atom is -0.356 e. The number of aromatic nitrogens is 4. The zero-order valence-electron chi connectivity index (χ0n) is 19.6. The molecular formula is C26H22ClN5O4S. The van der Waals surface area contributed by atoms with E-state index in [9.17, 15) is 19.2 Å².